The Bertz CT molecular complexity index is 299. The maximum atomic E-state index is 3.53. The second-order valence-electron chi connectivity index (χ2n) is 3.49. The molecule has 0 aliphatic rings. The monoisotopic (exact) mass is 253 g/mol. The van der Waals surface area contributed by atoms with Crippen LogP contribution in [0.2, 0.25) is 0 Å². The summed E-state index contributed by atoms with van der Waals surface area (Å²) in [4.78, 5) is 0. The lowest BCUT2D eigenvalue weighted by atomic mass is 10.2. The van der Waals surface area contributed by atoms with Crippen LogP contribution in [0.25, 0.3) is 0 Å². The lowest BCUT2D eigenvalue weighted by molar-refractivity contribution is 0.753. The maximum Gasteiger partial charge on any atom is 0.0274 e. The molecule has 1 rings (SSSR count). The van der Waals surface area contributed by atoms with E-state index in [1.807, 2.05) is 6.07 Å². The van der Waals surface area contributed by atoms with Crippen molar-refractivity contribution in [3.63, 3.8) is 0 Å². The van der Waals surface area contributed by atoms with Crippen LogP contribution in [0.3, 0.4) is 0 Å². The van der Waals surface area contributed by atoms with Crippen molar-refractivity contribution in [1.29, 1.82) is 0 Å². The van der Waals surface area contributed by atoms with Crippen molar-refractivity contribution in [2.24, 2.45) is 0 Å². The van der Waals surface area contributed by atoms with E-state index in [0.717, 1.165) is 13.1 Å². The van der Waals surface area contributed by atoms with Gasteiger partial charge in [0.05, 0.1) is 0 Å². The Morgan fingerprint density at radius 3 is 2.43 bits per heavy atom. The highest BCUT2D eigenvalue weighted by Gasteiger charge is 1.94. The second kappa shape index (κ2) is 5.99. The van der Waals surface area contributed by atoms with Crippen molar-refractivity contribution in [1.82, 2.24) is 5.32 Å². The molecule has 0 amide bonds. The number of halogens is 1. The SMILES string of the molecule is CC(C)=C(Br)CNCc1ccccc1. The first-order valence-corrected chi connectivity index (χ1v) is 5.56. The van der Waals surface area contributed by atoms with Crippen molar-refractivity contribution < 1.29 is 0 Å². The largest absolute Gasteiger partial charge is 0.308 e. The number of hydrogen-bond acceptors (Lipinski definition) is 1. The number of hydrogen-bond donors (Lipinski definition) is 1. The molecule has 0 spiro atoms. The van der Waals surface area contributed by atoms with Crippen LogP contribution in [0.15, 0.2) is 40.4 Å². The molecule has 1 N–H and O–H groups in total. The van der Waals surface area contributed by atoms with Crippen molar-refractivity contribution >= 4 is 15.9 Å². The molecule has 0 atom stereocenters. The summed E-state index contributed by atoms with van der Waals surface area (Å²) in [7, 11) is 0. The summed E-state index contributed by atoms with van der Waals surface area (Å²) in [5.41, 5.74) is 2.65. The van der Waals surface area contributed by atoms with Gasteiger partial charge in [-0.05, 0) is 19.4 Å². The number of nitrogens with one attached hydrogen (secondary N) is 1. The molecule has 0 radical (unpaired) electrons. The maximum absolute atomic E-state index is 3.53. The average Bonchev–Trinajstić information content (AvgIpc) is 2.19. The molecule has 0 aromatic heterocycles. The van der Waals surface area contributed by atoms with Gasteiger partial charge in [0.25, 0.3) is 0 Å². The summed E-state index contributed by atoms with van der Waals surface area (Å²) in [6.45, 7) is 6.03. The molecule has 0 aliphatic heterocycles. The topological polar surface area (TPSA) is 12.0 Å². The van der Waals surface area contributed by atoms with Crippen molar-refractivity contribution in [3.8, 4) is 0 Å². The smallest absolute Gasteiger partial charge is 0.0274 e. The first-order chi connectivity index (χ1) is 6.70. The number of allylic oxidation sites excluding steroid dienone is 1. The molecule has 0 unspecified atom stereocenters. The molecule has 2 heteroatoms. The molecule has 76 valence electrons. The van der Waals surface area contributed by atoms with E-state index in [-0.39, 0.29) is 0 Å². The Labute approximate surface area is 94.3 Å². The van der Waals surface area contributed by atoms with Gasteiger partial charge in [-0.3, -0.25) is 0 Å². The summed E-state index contributed by atoms with van der Waals surface area (Å²) < 4.78 is 1.24. The third kappa shape index (κ3) is 4.07. The zero-order valence-electron chi connectivity index (χ0n) is 8.68. The Morgan fingerprint density at radius 2 is 1.86 bits per heavy atom. The fourth-order valence-corrected chi connectivity index (χ4v) is 1.29. The number of rotatable bonds is 4. The fraction of sp³-hybridized carbons (Fsp3) is 0.333. The third-order valence-corrected chi connectivity index (χ3v) is 3.07. The van der Waals surface area contributed by atoms with Gasteiger partial charge in [-0.15, -0.1) is 0 Å². The van der Waals surface area contributed by atoms with E-state index in [0.29, 0.717) is 0 Å². The van der Waals surface area contributed by atoms with E-state index in [1.54, 1.807) is 0 Å². The normalized spacial score (nSPS) is 9.93. The van der Waals surface area contributed by atoms with Crippen LogP contribution in [-0.2, 0) is 6.54 Å². The molecule has 1 nitrogen and oxygen atoms in total. The molecule has 1 aromatic rings. The predicted octanol–water partition coefficient (Wildman–Crippen LogP) is 3.47. The summed E-state index contributed by atoms with van der Waals surface area (Å²) in [6, 6.07) is 10.4. The van der Waals surface area contributed by atoms with E-state index in [4.69, 9.17) is 0 Å². The minimum absolute atomic E-state index is 0.900. The van der Waals surface area contributed by atoms with Gasteiger partial charge in [0.1, 0.15) is 0 Å². The van der Waals surface area contributed by atoms with E-state index >= 15 is 0 Å². The zero-order chi connectivity index (χ0) is 10.4. The van der Waals surface area contributed by atoms with Crippen molar-refractivity contribution in [2.45, 2.75) is 20.4 Å². The molecular formula is C12H16BrN. The molecule has 0 fully saturated rings. The summed E-state index contributed by atoms with van der Waals surface area (Å²) in [6.07, 6.45) is 0. The Kier molecular flexibility index (Phi) is 4.91. The van der Waals surface area contributed by atoms with Gasteiger partial charge in [0, 0.05) is 17.6 Å². The van der Waals surface area contributed by atoms with Crippen LogP contribution in [0.4, 0.5) is 0 Å². The lowest BCUT2D eigenvalue weighted by Gasteiger charge is -2.05. The third-order valence-electron chi connectivity index (χ3n) is 1.99. The Morgan fingerprint density at radius 1 is 1.21 bits per heavy atom. The van der Waals surface area contributed by atoms with Gasteiger partial charge in [-0.25, -0.2) is 0 Å². The number of benzene rings is 1. The van der Waals surface area contributed by atoms with Crippen LogP contribution >= 0.6 is 15.9 Å². The summed E-state index contributed by atoms with van der Waals surface area (Å²) in [5.74, 6) is 0. The van der Waals surface area contributed by atoms with Gasteiger partial charge in [0.2, 0.25) is 0 Å². The quantitative estimate of drug-likeness (QED) is 0.867. The molecule has 14 heavy (non-hydrogen) atoms. The zero-order valence-corrected chi connectivity index (χ0v) is 10.3. The first kappa shape index (κ1) is 11.5. The molecular weight excluding hydrogens is 238 g/mol. The van der Waals surface area contributed by atoms with Gasteiger partial charge in [-0.1, -0.05) is 51.8 Å². The molecule has 0 saturated carbocycles. The van der Waals surface area contributed by atoms with Crippen LogP contribution in [0, 0.1) is 0 Å². The molecule has 0 saturated heterocycles. The highest BCUT2D eigenvalue weighted by atomic mass is 79.9. The molecule has 1 aromatic carbocycles. The molecule has 0 heterocycles. The predicted molar refractivity (Wildman–Crippen MR) is 65.4 cm³/mol. The van der Waals surface area contributed by atoms with E-state index in [2.05, 4.69) is 59.4 Å². The van der Waals surface area contributed by atoms with Gasteiger partial charge in [0.15, 0.2) is 0 Å². The fourth-order valence-electron chi connectivity index (χ4n) is 1.09. The minimum Gasteiger partial charge on any atom is -0.308 e. The second-order valence-corrected chi connectivity index (χ2v) is 4.45. The Hall–Kier alpha value is -0.600. The highest BCUT2D eigenvalue weighted by Crippen LogP contribution is 2.09. The van der Waals surface area contributed by atoms with Gasteiger partial charge >= 0.3 is 0 Å². The summed E-state index contributed by atoms with van der Waals surface area (Å²) >= 11 is 3.53. The van der Waals surface area contributed by atoms with Crippen LogP contribution in [0.1, 0.15) is 19.4 Å². The molecule has 0 aliphatic carbocycles. The lowest BCUT2D eigenvalue weighted by Crippen LogP contribution is -2.15. The van der Waals surface area contributed by atoms with Gasteiger partial charge in [-0.2, -0.15) is 0 Å². The van der Waals surface area contributed by atoms with Crippen LogP contribution < -0.4 is 5.32 Å². The molecule has 0 bridgehead atoms. The van der Waals surface area contributed by atoms with Crippen LogP contribution in [-0.4, -0.2) is 6.54 Å². The van der Waals surface area contributed by atoms with E-state index in [9.17, 15) is 0 Å². The van der Waals surface area contributed by atoms with Crippen molar-refractivity contribution in [2.75, 3.05) is 6.54 Å². The van der Waals surface area contributed by atoms with Crippen molar-refractivity contribution in [3.05, 3.63) is 46.0 Å². The average molecular weight is 254 g/mol. The highest BCUT2D eigenvalue weighted by molar-refractivity contribution is 9.11. The minimum atomic E-state index is 0.900. The van der Waals surface area contributed by atoms with E-state index < -0.39 is 0 Å². The first-order valence-electron chi connectivity index (χ1n) is 4.76. The van der Waals surface area contributed by atoms with Crippen LogP contribution in [0.5, 0.6) is 0 Å². The van der Waals surface area contributed by atoms with Gasteiger partial charge < -0.3 is 5.32 Å². The standard InChI is InChI=1S/C12H16BrN/c1-10(2)12(13)9-14-8-11-6-4-3-5-7-11/h3-7,14H,8-9H2,1-2H3. The Balaban J connectivity index is 2.33. The van der Waals surface area contributed by atoms with E-state index in [1.165, 1.54) is 15.6 Å². The summed E-state index contributed by atoms with van der Waals surface area (Å²) in [5, 5.41) is 3.38.